The molecule has 0 heteroatoms. The third-order valence-electron chi connectivity index (χ3n) is 8.27. The van der Waals surface area contributed by atoms with E-state index in [-0.39, 0.29) is 0 Å². The predicted octanol–water partition coefficient (Wildman–Crippen LogP) is 10.4. The number of hydrogen-bond donors (Lipinski definition) is 0. The Morgan fingerprint density at radius 3 is 1.45 bits per heavy atom. The maximum Gasteiger partial charge on any atom is 0.0327 e. The Morgan fingerprint density at radius 2 is 0.786 bits per heavy atom. The molecule has 0 radical (unpaired) electrons. The van der Waals surface area contributed by atoms with Gasteiger partial charge >= 0.3 is 0 Å². The van der Waals surface area contributed by atoms with E-state index in [9.17, 15) is 0 Å². The van der Waals surface area contributed by atoms with Crippen LogP contribution >= 0.6 is 0 Å². The van der Waals surface area contributed by atoms with Gasteiger partial charge in [-0.25, -0.2) is 0 Å². The molecule has 0 amide bonds. The summed E-state index contributed by atoms with van der Waals surface area (Å²) >= 11 is 0. The van der Waals surface area contributed by atoms with Gasteiger partial charge in [0.2, 0.25) is 0 Å². The minimum atomic E-state index is 1.01. The topological polar surface area (TPSA) is 0 Å². The summed E-state index contributed by atoms with van der Waals surface area (Å²) in [5, 5.41) is 5.20. The van der Waals surface area contributed by atoms with Crippen molar-refractivity contribution in [2.75, 3.05) is 0 Å². The van der Waals surface area contributed by atoms with Gasteiger partial charge in [-0.1, -0.05) is 151 Å². The molecule has 0 aromatic heterocycles. The molecule has 0 heterocycles. The second-order valence-electron chi connectivity index (χ2n) is 10.7. The van der Waals surface area contributed by atoms with Crippen molar-refractivity contribution in [1.29, 1.82) is 0 Å². The van der Waals surface area contributed by atoms with Crippen LogP contribution in [0.2, 0.25) is 0 Å². The first-order valence-electron chi connectivity index (χ1n) is 14.4. The van der Waals surface area contributed by atoms with Crippen molar-refractivity contribution >= 4 is 32.7 Å². The first kappa shape index (κ1) is 24.2. The van der Waals surface area contributed by atoms with Gasteiger partial charge in [0.25, 0.3) is 0 Å². The van der Waals surface area contributed by atoms with Crippen LogP contribution < -0.4 is 0 Å². The predicted molar refractivity (Wildman–Crippen MR) is 177 cm³/mol. The van der Waals surface area contributed by atoms with E-state index in [1.807, 2.05) is 18.2 Å². The van der Waals surface area contributed by atoms with Gasteiger partial charge in [-0.3, -0.25) is 0 Å². The smallest absolute Gasteiger partial charge is 0.0327 e. The summed E-state index contributed by atoms with van der Waals surface area (Å²) < 4.78 is 0. The highest BCUT2D eigenvalue weighted by Crippen LogP contribution is 2.55. The molecular formula is C42H26. The van der Waals surface area contributed by atoms with E-state index in [4.69, 9.17) is 0 Å². The van der Waals surface area contributed by atoms with Gasteiger partial charge in [0.15, 0.2) is 0 Å². The molecule has 0 atom stereocenters. The normalized spacial score (nSPS) is 12.0. The molecule has 0 spiro atoms. The van der Waals surface area contributed by atoms with Crippen molar-refractivity contribution < 1.29 is 0 Å². The van der Waals surface area contributed by atoms with Crippen LogP contribution in [0.25, 0.3) is 43.8 Å². The zero-order valence-electron chi connectivity index (χ0n) is 23.0. The molecule has 42 heavy (non-hydrogen) atoms. The maximum absolute atomic E-state index is 3.48. The molecule has 8 rings (SSSR count). The molecule has 1 aliphatic rings. The van der Waals surface area contributed by atoms with Crippen LogP contribution in [0.4, 0.5) is 0 Å². The first-order chi connectivity index (χ1) is 20.9. The zero-order valence-corrected chi connectivity index (χ0v) is 23.0. The lowest BCUT2D eigenvalue weighted by Gasteiger charge is -2.33. The molecule has 0 nitrogen and oxygen atoms in total. The number of rotatable bonds is 3. The SMILES string of the molecule is C(#Cc1ccccc1-c1ccccc1C1=C(c2ccccc2)c2c1c1ccccc1c1ccccc21)c1ccccc1. The van der Waals surface area contributed by atoms with Crippen LogP contribution in [0.5, 0.6) is 0 Å². The Labute approximate surface area is 246 Å². The second kappa shape index (κ2) is 10.1. The standard InChI is InChI=1S/C42H26/c1-3-15-29(16-4-1)27-28-30-17-7-8-20-32(30)33-21-9-12-24-36(33)40-39(31-18-5-2-6-19-31)41-37-25-13-10-22-34(37)35-23-11-14-26-38(35)42(40)41/h1-26H. The minimum Gasteiger partial charge on any atom is -0.0622 e. The summed E-state index contributed by atoms with van der Waals surface area (Å²) in [6.07, 6.45) is 0. The molecule has 1 aliphatic carbocycles. The highest BCUT2D eigenvalue weighted by molar-refractivity contribution is 6.30. The van der Waals surface area contributed by atoms with Crippen molar-refractivity contribution in [1.82, 2.24) is 0 Å². The van der Waals surface area contributed by atoms with E-state index >= 15 is 0 Å². The van der Waals surface area contributed by atoms with Crippen LogP contribution in [0.1, 0.15) is 33.4 Å². The summed E-state index contributed by atoms with van der Waals surface area (Å²) in [6, 6.07) is 56.1. The van der Waals surface area contributed by atoms with Gasteiger partial charge in [-0.2, -0.15) is 0 Å². The molecule has 0 unspecified atom stereocenters. The van der Waals surface area contributed by atoms with E-state index in [2.05, 4.69) is 151 Å². The third kappa shape index (κ3) is 3.87. The Kier molecular flexibility index (Phi) is 5.80. The largest absolute Gasteiger partial charge is 0.0622 e. The fraction of sp³-hybridized carbons (Fsp3) is 0. The quantitative estimate of drug-likeness (QED) is 0.157. The van der Waals surface area contributed by atoms with Crippen LogP contribution in [0.15, 0.2) is 158 Å². The minimum absolute atomic E-state index is 1.01. The molecule has 194 valence electrons. The lowest BCUT2D eigenvalue weighted by molar-refractivity contribution is 1.46. The summed E-state index contributed by atoms with van der Waals surface area (Å²) in [5.74, 6) is 6.86. The molecule has 0 saturated carbocycles. The lowest BCUT2D eigenvalue weighted by Crippen LogP contribution is -2.12. The van der Waals surface area contributed by atoms with Gasteiger partial charge in [0, 0.05) is 11.1 Å². The Morgan fingerprint density at radius 1 is 0.310 bits per heavy atom. The van der Waals surface area contributed by atoms with Gasteiger partial charge < -0.3 is 0 Å². The van der Waals surface area contributed by atoms with Crippen molar-refractivity contribution in [2.24, 2.45) is 0 Å². The first-order valence-corrected chi connectivity index (χ1v) is 14.4. The molecule has 7 aromatic carbocycles. The van der Waals surface area contributed by atoms with Crippen molar-refractivity contribution in [2.45, 2.75) is 0 Å². The Hall–Kier alpha value is -5.64. The van der Waals surface area contributed by atoms with Gasteiger partial charge in [0.1, 0.15) is 0 Å². The molecular weight excluding hydrogens is 504 g/mol. The summed E-state index contributed by atoms with van der Waals surface area (Å²) in [5.41, 5.74) is 12.2. The van der Waals surface area contributed by atoms with E-state index < -0.39 is 0 Å². The van der Waals surface area contributed by atoms with E-state index in [0.29, 0.717) is 0 Å². The molecule has 7 aromatic rings. The lowest BCUT2D eigenvalue weighted by atomic mass is 9.69. The van der Waals surface area contributed by atoms with Crippen LogP contribution in [0, 0.1) is 11.8 Å². The van der Waals surface area contributed by atoms with Crippen molar-refractivity contribution in [3.8, 4) is 23.0 Å². The monoisotopic (exact) mass is 530 g/mol. The fourth-order valence-corrected chi connectivity index (χ4v) is 6.43. The van der Waals surface area contributed by atoms with Crippen molar-refractivity contribution in [3.05, 3.63) is 191 Å². The number of benzene rings is 7. The number of hydrogen-bond acceptors (Lipinski definition) is 0. The van der Waals surface area contributed by atoms with Crippen LogP contribution in [-0.2, 0) is 0 Å². The van der Waals surface area contributed by atoms with Gasteiger partial charge in [0.05, 0.1) is 0 Å². The number of fused-ring (bicyclic) bond motifs is 6. The Balaban J connectivity index is 1.42. The zero-order chi connectivity index (χ0) is 27.9. The van der Waals surface area contributed by atoms with Crippen LogP contribution in [-0.4, -0.2) is 0 Å². The highest BCUT2D eigenvalue weighted by atomic mass is 14.4. The molecule has 0 fully saturated rings. The highest BCUT2D eigenvalue weighted by Gasteiger charge is 2.33. The van der Waals surface area contributed by atoms with Gasteiger partial charge in [-0.05, 0) is 84.3 Å². The van der Waals surface area contributed by atoms with Gasteiger partial charge in [-0.15, -0.1) is 0 Å². The third-order valence-corrected chi connectivity index (χ3v) is 8.27. The van der Waals surface area contributed by atoms with Crippen LogP contribution in [0.3, 0.4) is 0 Å². The fourth-order valence-electron chi connectivity index (χ4n) is 6.43. The van der Waals surface area contributed by atoms with Crippen molar-refractivity contribution in [3.63, 3.8) is 0 Å². The summed E-state index contributed by atoms with van der Waals surface area (Å²) in [4.78, 5) is 0. The molecule has 0 aliphatic heterocycles. The maximum atomic E-state index is 3.48. The molecule has 0 N–H and O–H groups in total. The van der Waals surface area contributed by atoms with E-state index in [1.54, 1.807) is 0 Å². The summed E-state index contributed by atoms with van der Waals surface area (Å²) in [6.45, 7) is 0. The second-order valence-corrected chi connectivity index (χ2v) is 10.7. The van der Waals surface area contributed by atoms with E-state index in [1.165, 1.54) is 60.5 Å². The molecule has 0 bridgehead atoms. The Bertz CT molecular complexity index is 2220. The average molecular weight is 531 g/mol. The summed E-state index contributed by atoms with van der Waals surface area (Å²) in [7, 11) is 0. The average Bonchev–Trinajstić information content (AvgIpc) is 3.05. The molecule has 0 saturated heterocycles. The van der Waals surface area contributed by atoms with E-state index in [0.717, 1.165) is 16.7 Å².